The van der Waals surface area contributed by atoms with Crippen molar-refractivity contribution in [2.24, 2.45) is 0 Å². The van der Waals surface area contributed by atoms with Crippen molar-refractivity contribution in [2.75, 3.05) is 13.1 Å². The summed E-state index contributed by atoms with van der Waals surface area (Å²) in [6.45, 7) is -0.334. The first-order valence-corrected chi connectivity index (χ1v) is 9.53. The average Bonchev–Trinajstić information content (AvgIpc) is 3.23. The monoisotopic (exact) mass is 409 g/mol. The van der Waals surface area contributed by atoms with Crippen molar-refractivity contribution < 1.29 is 22.7 Å². The van der Waals surface area contributed by atoms with Crippen LogP contribution in [0.5, 0.6) is 5.88 Å². The van der Waals surface area contributed by atoms with Gasteiger partial charge in [-0.2, -0.15) is 0 Å². The van der Waals surface area contributed by atoms with E-state index in [-0.39, 0.29) is 24.9 Å². The van der Waals surface area contributed by atoms with Crippen LogP contribution in [0.1, 0.15) is 16.8 Å². The molecule has 152 valence electrons. The number of carbonyl (C=O) groups excluding carboxylic acids is 1. The first-order valence-electron chi connectivity index (χ1n) is 9.53. The number of hydrogen-bond donors (Lipinski definition) is 0. The summed E-state index contributed by atoms with van der Waals surface area (Å²) < 4.78 is 40.0. The predicted molar refractivity (Wildman–Crippen MR) is 106 cm³/mol. The summed E-state index contributed by atoms with van der Waals surface area (Å²) in [7, 11) is 0. The SMILES string of the molecule is O=C(c1cccc2ocnc12)N1CCC(F)(F)C(Oc2ccc3ccccc3n2)C1. The summed E-state index contributed by atoms with van der Waals surface area (Å²) in [6, 6.07) is 15.7. The van der Waals surface area contributed by atoms with Gasteiger partial charge in [0.15, 0.2) is 18.1 Å². The molecule has 8 heteroatoms. The molecular weight excluding hydrogens is 392 g/mol. The van der Waals surface area contributed by atoms with Gasteiger partial charge in [-0.3, -0.25) is 4.79 Å². The van der Waals surface area contributed by atoms with E-state index >= 15 is 0 Å². The second-order valence-corrected chi connectivity index (χ2v) is 7.22. The van der Waals surface area contributed by atoms with Crippen molar-refractivity contribution in [2.45, 2.75) is 18.4 Å². The van der Waals surface area contributed by atoms with Gasteiger partial charge in [0.25, 0.3) is 11.8 Å². The molecule has 0 N–H and O–H groups in total. The Labute approximate surface area is 170 Å². The van der Waals surface area contributed by atoms with E-state index in [2.05, 4.69) is 9.97 Å². The van der Waals surface area contributed by atoms with Crippen molar-refractivity contribution in [3.63, 3.8) is 0 Å². The van der Waals surface area contributed by atoms with Gasteiger partial charge in [-0.15, -0.1) is 0 Å². The molecule has 1 unspecified atom stereocenters. The Morgan fingerprint density at radius 2 is 2.00 bits per heavy atom. The maximum Gasteiger partial charge on any atom is 0.287 e. The molecule has 0 saturated carbocycles. The van der Waals surface area contributed by atoms with Gasteiger partial charge in [0, 0.05) is 24.4 Å². The molecule has 1 amide bonds. The number of para-hydroxylation sites is 2. The van der Waals surface area contributed by atoms with E-state index in [0.717, 1.165) is 5.39 Å². The second-order valence-electron chi connectivity index (χ2n) is 7.22. The number of hydrogen-bond acceptors (Lipinski definition) is 5. The number of ether oxygens (including phenoxy) is 1. The smallest absolute Gasteiger partial charge is 0.287 e. The summed E-state index contributed by atoms with van der Waals surface area (Å²) >= 11 is 0. The minimum Gasteiger partial charge on any atom is -0.466 e. The number of alkyl halides is 2. The number of fused-ring (bicyclic) bond motifs is 2. The van der Waals surface area contributed by atoms with Gasteiger partial charge in [0.2, 0.25) is 5.88 Å². The van der Waals surface area contributed by atoms with Crippen LogP contribution in [0.25, 0.3) is 22.0 Å². The molecule has 0 radical (unpaired) electrons. The first kappa shape index (κ1) is 18.5. The zero-order valence-corrected chi connectivity index (χ0v) is 15.8. The summed E-state index contributed by atoms with van der Waals surface area (Å²) in [4.78, 5) is 22.8. The Bertz CT molecular complexity index is 1240. The van der Waals surface area contributed by atoms with Crippen LogP contribution in [-0.2, 0) is 0 Å². The molecule has 0 bridgehead atoms. The van der Waals surface area contributed by atoms with Gasteiger partial charge in [-0.25, -0.2) is 18.7 Å². The van der Waals surface area contributed by atoms with Gasteiger partial charge in [-0.1, -0.05) is 24.3 Å². The van der Waals surface area contributed by atoms with Crippen molar-refractivity contribution in [3.05, 3.63) is 66.6 Å². The molecule has 0 aliphatic carbocycles. The molecule has 0 spiro atoms. The molecular formula is C22H17F2N3O3. The fourth-order valence-electron chi connectivity index (χ4n) is 3.67. The Hall–Kier alpha value is -3.55. The molecule has 30 heavy (non-hydrogen) atoms. The van der Waals surface area contributed by atoms with Crippen LogP contribution in [0.4, 0.5) is 8.78 Å². The number of benzene rings is 2. The molecule has 2 aromatic carbocycles. The van der Waals surface area contributed by atoms with Crippen LogP contribution < -0.4 is 4.74 Å². The topological polar surface area (TPSA) is 68.5 Å². The third-order valence-corrected chi connectivity index (χ3v) is 5.29. The van der Waals surface area contributed by atoms with Gasteiger partial charge >= 0.3 is 0 Å². The Kier molecular flexibility index (Phi) is 4.34. The van der Waals surface area contributed by atoms with Crippen LogP contribution >= 0.6 is 0 Å². The molecule has 4 aromatic rings. The van der Waals surface area contributed by atoms with Crippen LogP contribution in [0.15, 0.2) is 65.4 Å². The average molecular weight is 409 g/mol. The van der Waals surface area contributed by atoms with Crippen LogP contribution in [0, 0.1) is 0 Å². The zero-order chi connectivity index (χ0) is 20.7. The summed E-state index contributed by atoms with van der Waals surface area (Å²) in [5.41, 5.74) is 1.85. The largest absolute Gasteiger partial charge is 0.466 e. The third-order valence-electron chi connectivity index (χ3n) is 5.29. The van der Waals surface area contributed by atoms with Crippen molar-refractivity contribution in [1.82, 2.24) is 14.9 Å². The van der Waals surface area contributed by atoms with Crippen LogP contribution in [0.2, 0.25) is 0 Å². The number of likely N-dealkylation sites (tertiary alicyclic amines) is 1. The highest BCUT2D eigenvalue weighted by Gasteiger charge is 2.47. The molecule has 1 saturated heterocycles. The van der Waals surface area contributed by atoms with Crippen LogP contribution in [0.3, 0.4) is 0 Å². The predicted octanol–water partition coefficient (Wildman–Crippen LogP) is 4.30. The highest BCUT2D eigenvalue weighted by Crippen LogP contribution is 2.33. The van der Waals surface area contributed by atoms with Crippen molar-refractivity contribution in [1.29, 1.82) is 0 Å². The first-order chi connectivity index (χ1) is 14.5. The lowest BCUT2D eigenvalue weighted by Crippen LogP contribution is -2.55. The van der Waals surface area contributed by atoms with E-state index in [0.29, 0.717) is 22.2 Å². The number of aromatic nitrogens is 2. The Balaban J connectivity index is 1.40. The molecule has 1 fully saturated rings. The normalized spacial score (nSPS) is 18.6. The molecule has 1 aliphatic rings. The van der Waals surface area contributed by atoms with E-state index in [1.165, 1.54) is 11.3 Å². The van der Waals surface area contributed by atoms with E-state index in [9.17, 15) is 13.6 Å². The number of pyridine rings is 1. The van der Waals surface area contributed by atoms with Crippen LogP contribution in [-0.4, -0.2) is 45.9 Å². The number of nitrogens with zero attached hydrogens (tertiary/aromatic N) is 3. The molecule has 1 atom stereocenters. The summed E-state index contributed by atoms with van der Waals surface area (Å²) in [5, 5.41) is 0.887. The Morgan fingerprint density at radius 3 is 2.90 bits per heavy atom. The highest BCUT2D eigenvalue weighted by atomic mass is 19.3. The van der Waals surface area contributed by atoms with Gasteiger partial charge in [0.05, 0.1) is 17.6 Å². The fraction of sp³-hybridized carbons (Fsp3) is 0.227. The van der Waals surface area contributed by atoms with E-state index < -0.39 is 18.4 Å². The number of oxazole rings is 1. The minimum absolute atomic E-state index is 0.0783. The quantitative estimate of drug-likeness (QED) is 0.505. The van der Waals surface area contributed by atoms with E-state index in [1.807, 2.05) is 18.2 Å². The van der Waals surface area contributed by atoms with Crippen molar-refractivity contribution in [3.8, 4) is 5.88 Å². The maximum atomic E-state index is 14.6. The third kappa shape index (κ3) is 3.24. The van der Waals surface area contributed by atoms with E-state index in [1.54, 1.807) is 36.4 Å². The molecule has 3 heterocycles. The number of halogens is 2. The van der Waals surface area contributed by atoms with Gasteiger partial charge < -0.3 is 14.1 Å². The molecule has 2 aromatic heterocycles. The fourth-order valence-corrected chi connectivity index (χ4v) is 3.67. The highest BCUT2D eigenvalue weighted by molar-refractivity contribution is 6.04. The van der Waals surface area contributed by atoms with Gasteiger partial charge in [0.1, 0.15) is 5.52 Å². The lowest BCUT2D eigenvalue weighted by atomic mass is 10.0. The standard InChI is InChI=1S/C22H17F2N3O3/c23-22(24)10-11-27(21(28)15-5-3-7-17-20(15)25-13-29-17)12-18(22)30-19-9-8-14-4-1-2-6-16(14)26-19/h1-9,13,18H,10-12H2. The van der Waals surface area contributed by atoms with Gasteiger partial charge in [-0.05, 0) is 24.3 Å². The lowest BCUT2D eigenvalue weighted by Gasteiger charge is -2.38. The second kappa shape index (κ2) is 7.05. The summed E-state index contributed by atoms with van der Waals surface area (Å²) in [6.07, 6.45) is -0.741. The number of amides is 1. The zero-order valence-electron chi connectivity index (χ0n) is 15.8. The maximum absolute atomic E-state index is 14.6. The molecule has 6 nitrogen and oxygen atoms in total. The summed E-state index contributed by atoms with van der Waals surface area (Å²) in [5.74, 6) is -3.36. The minimum atomic E-state index is -3.08. The number of piperidine rings is 1. The lowest BCUT2D eigenvalue weighted by molar-refractivity contribution is -0.131. The number of carbonyl (C=O) groups is 1. The number of rotatable bonds is 3. The Morgan fingerprint density at radius 1 is 1.13 bits per heavy atom. The van der Waals surface area contributed by atoms with E-state index in [4.69, 9.17) is 9.15 Å². The van der Waals surface area contributed by atoms with Crippen molar-refractivity contribution >= 4 is 27.9 Å². The molecule has 1 aliphatic heterocycles. The molecule has 5 rings (SSSR count).